The van der Waals surface area contributed by atoms with E-state index in [1.165, 1.54) is 6.92 Å². The van der Waals surface area contributed by atoms with E-state index in [2.05, 4.69) is 10.2 Å². The van der Waals surface area contributed by atoms with Crippen molar-refractivity contribution in [3.8, 4) is 0 Å². The molecule has 0 saturated carbocycles. The third-order valence-electron chi connectivity index (χ3n) is 2.06. The fourth-order valence-corrected chi connectivity index (χ4v) is 1.46. The Labute approximate surface area is 84.7 Å². The molecule has 0 unspecified atom stereocenters. The average Bonchev–Trinajstić information content (AvgIpc) is 2.53. The fourth-order valence-electron chi connectivity index (χ4n) is 1.46. The molecule has 0 aliphatic carbocycles. The van der Waals surface area contributed by atoms with Crippen LogP contribution in [0, 0.1) is 5.92 Å². The predicted molar refractivity (Wildman–Crippen MR) is 57.3 cm³/mol. The lowest BCUT2D eigenvalue weighted by Crippen LogP contribution is -2.12. The Bertz CT molecular complexity index is 355. The van der Waals surface area contributed by atoms with Gasteiger partial charge in [0, 0.05) is 24.5 Å². The highest BCUT2D eigenvalue weighted by atomic mass is 16.1. The number of aromatic nitrogens is 2. The number of aromatic amines is 1. The Morgan fingerprint density at radius 3 is 2.64 bits per heavy atom. The van der Waals surface area contributed by atoms with E-state index in [1.807, 2.05) is 13.8 Å². The second-order valence-electron chi connectivity index (χ2n) is 3.53. The van der Waals surface area contributed by atoms with Gasteiger partial charge in [-0.3, -0.25) is 9.89 Å². The van der Waals surface area contributed by atoms with Crippen LogP contribution in [-0.2, 0) is 4.79 Å². The van der Waals surface area contributed by atoms with Crippen molar-refractivity contribution in [1.29, 1.82) is 0 Å². The van der Waals surface area contributed by atoms with Crippen LogP contribution >= 0.6 is 0 Å². The average molecular weight is 195 g/mol. The molecule has 4 nitrogen and oxygen atoms in total. The summed E-state index contributed by atoms with van der Waals surface area (Å²) in [5.41, 5.74) is 7.83. The molecule has 1 heterocycles. The van der Waals surface area contributed by atoms with Gasteiger partial charge < -0.3 is 5.73 Å². The molecule has 1 rings (SSSR count). The Balaban J connectivity index is 0.00000196. The third-order valence-corrected chi connectivity index (χ3v) is 2.06. The van der Waals surface area contributed by atoms with E-state index in [0.717, 1.165) is 5.56 Å². The van der Waals surface area contributed by atoms with Crippen LogP contribution in [0.25, 0.3) is 5.70 Å². The predicted octanol–water partition coefficient (Wildman–Crippen LogP) is 1.57. The molecule has 1 aromatic rings. The molecule has 0 saturated heterocycles. The van der Waals surface area contributed by atoms with Crippen LogP contribution in [-0.4, -0.2) is 16.0 Å². The minimum Gasteiger partial charge on any atom is -0.398 e. The van der Waals surface area contributed by atoms with Crippen LogP contribution in [0.3, 0.4) is 0 Å². The summed E-state index contributed by atoms with van der Waals surface area (Å²) < 4.78 is 0. The summed E-state index contributed by atoms with van der Waals surface area (Å²) in [4.78, 5) is 11.4. The van der Waals surface area contributed by atoms with E-state index in [0.29, 0.717) is 11.3 Å². The number of Topliss-reactive ketones (excluding diaryl/α,β-unsaturated/α-hetero) is 1. The van der Waals surface area contributed by atoms with Gasteiger partial charge in [0.1, 0.15) is 0 Å². The largest absolute Gasteiger partial charge is 0.398 e. The second kappa shape index (κ2) is 4.09. The van der Waals surface area contributed by atoms with Gasteiger partial charge in [0.15, 0.2) is 5.78 Å². The third kappa shape index (κ3) is 2.02. The number of nitrogens with two attached hydrogens (primary N) is 1. The fraction of sp³-hybridized carbons (Fsp3) is 0.400. The maximum Gasteiger partial charge on any atom is 0.158 e. The van der Waals surface area contributed by atoms with Gasteiger partial charge >= 0.3 is 0 Å². The molecule has 0 aliphatic heterocycles. The molecule has 78 valence electrons. The van der Waals surface area contributed by atoms with Gasteiger partial charge in [0.25, 0.3) is 0 Å². The highest BCUT2D eigenvalue weighted by Gasteiger charge is 2.14. The van der Waals surface area contributed by atoms with Gasteiger partial charge in [0.2, 0.25) is 0 Å². The van der Waals surface area contributed by atoms with E-state index in [1.54, 1.807) is 12.4 Å². The quantitative estimate of drug-likeness (QED) is 0.719. The molecule has 0 aliphatic rings. The van der Waals surface area contributed by atoms with Gasteiger partial charge in [-0.05, 0) is 12.8 Å². The number of hydrogen-bond donors (Lipinski definition) is 2. The molecule has 0 atom stereocenters. The maximum absolute atomic E-state index is 11.4. The topological polar surface area (TPSA) is 71.8 Å². The molecule has 1 aromatic heterocycles. The molecule has 3 N–H and O–H groups in total. The highest BCUT2D eigenvalue weighted by Crippen LogP contribution is 2.19. The molecule has 0 bridgehead atoms. The summed E-state index contributed by atoms with van der Waals surface area (Å²) in [6, 6.07) is 0. The summed E-state index contributed by atoms with van der Waals surface area (Å²) in [5, 5.41) is 6.46. The molecule has 0 amide bonds. The first kappa shape index (κ1) is 10.5. The van der Waals surface area contributed by atoms with Crippen molar-refractivity contribution in [1.82, 2.24) is 10.2 Å². The summed E-state index contributed by atoms with van der Waals surface area (Å²) in [6.45, 7) is 5.43. The first-order valence-electron chi connectivity index (χ1n) is 4.53. The minimum atomic E-state index is 0. The van der Waals surface area contributed by atoms with Crippen LogP contribution in [0.5, 0.6) is 0 Å². The summed E-state index contributed by atoms with van der Waals surface area (Å²) in [5.74, 6) is 0.140. The zero-order chi connectivity index (χ0) is 10.7. The van der Waals surface area contributed by atoms with Crippen LogP contribution < -0.4 is 5.73 Å². The number of carbonyl (C=O) groups excluding carboxylic acids is 1. The number of H-pyrrole nitrogens is 1. The van der Waals surface area contributed by atoms with Crippen molar-refractivity contribution in [3.05, 3.63) is 23.5 Å². The minimum absolute atomic E-state index is 0. The maximum atomic E-state index is 11.4. The standard InChI is InChI=1S/C10H15N3O.H2/c1-6(2)9(7(3)14)10(11)8-4-12-13-5-8;/h4-6H,11H2,1-3H3,(H,12,13);1H/b10-9-;. The van der Waals surface area contributed by atoms with Gasteiger partial charge in [-0.1, -0.05) is 13.8 Å². The lowest BCUT2D eigenvalue weighted by molar-refractivity contribution is -0.113. The van der Waals surface area contributed by atoms with Crippen molar-refractivity contribution < 1.29 is 6.22 Å². The van der Waals surface area contributed by atoms with Gasteiger partial charge in [0.05, 0.1) is 6.20 Å². The molecule has 0 fully saturated rings. The molecular weight excluding hydrogens is 178 g/mol. The zero-order valence-corrected chi connectivity index (χ0v) is 8.66. The first-order valence-corrected chi connectivity index (χ1v) is 4.53. The highest BCUT2D eigenvalue weighted by molar-refractivity contribution is 6.00. The Kier molecular flexibility index (Phi) is 3.06. The van der Waals surface area contributed by atoms with Crippen LogP contribution in [0.4, 0.5) is 0 Å². The molecule has 4 heteroatoms. The summed E-state index contributed by atoms with van der Waals surface area (Å²) in [7, 11) is 0. The SMILES string of the molecule is CC(=O)/C(=C(\N)c1cn[nH]c1)C(C)C.[HH]. The van der Waals surface area contributed by atoms with E-state index in [4.69, 9.17) is 5.73 Å². The van der Waals surface area contributed by atoms with Gasteiger partial charge in [-0.25, -0.2) is 0 Å². The van der Waals surface area contributed by atoms with Crippen molar-refractivity contribution in [2.75, 3.05) is 0 Å². The van der Waals surface area contributed by atoms with Crippen molar-refractivity contribution in [3.63, 3.8) is 0 Å². The number of rotatable bonds is 3. The number of hydrogen-bond acceptors (Lipinski definition) is 3. The van der Waals surface area contributed by atoms with Crippen LogP contribution in [0.1, 0.15) is 27.8 Å². The number of ketones is 1. The first-order chi connectivity index (χ1) is 6.54. The Hall–Kier alpha value is -1.58. The lowest BCUT2D eigenvalue weighted by atomic mass is 9.95. The molecule has 0 aromatic carbocycles. The number of carbonyl (C=O) groups is 1. The summed E-state index contributed by atoms with van der Waals surface area (Å²) >= 11 is 0. The normalized spacial score (nSPS) is 12.9. The Morgan fingerprint density at radius 1 is 1.64 bits per heavy atom. The van der Waals surface area contributed by atoms with E-state index in [-0.39, 0.29) is 13.1 Å². The van der Waals surface area contributed by atoms with Crippen LogP contribution in [0.2, 0.25) is 0 Å². The number of allylic oxidation sites excluding steroid dienone is 1. The van der Waals surface area contributed by atoms with E-state index in [9.17, 15) is 4.79 Å². The van der Waals surface area contributed by atoms with Gasteiger partial charge in [-0.2, -0.15) is 5.10 Å². The molecule has 0 spiro atoms. The van der Waals surface area contributed by atoms with E-state index < -0.39 is 0 Å². The van der Waals surface area contributed by atoms with Gasteiger partial charge in [-0.15, -0.1) is 0 Å². The number of nitrogens with zero attached hydrogens (tertiary/aromatic N) is 1. The van der Waals surface area contributed by atoms with Crippen molar-refractivity contribution >= 4 is 11.5 Å². The lowest BCUT2D eigenvalue weighted by Gasteiger charge is -2.11. The second-order valence-corrected chi connectivity index (χ2v) is 3.53. The smallest absolute Gasteiger partial charge is 0.158 e. The molecule has 14 heavy (non-hydrogen) atoms. The number of nitrogens with one attached hydrogen (secondary N) is 1. The van der Waals surface area contributed by atoms with E-state index >= 15 is 0 Å². The van der Waals surface area contributed by atoms with Crippen LogP contribution in [0.15, 0.2) is 18.0 Å². The monoisotopic (exact) mass is 195 g/mol. The summed E-state index contributed by atoms with van der Waals surface area (Å²) in [6.07, 6.45) is 3.29. The molecular formula is C10H17N3O. The van der Waals surface area contributed by atoms with Crippen molar-refractivity contribution in [2.24, 2.45) is 11.7 Å². The zero-order valence-electron chi connectivity index (χ0n) is 8.66. The molecule has 0 radical (unpaired) electrons. The van der Waals surface area contributed by atoms with Crippen molar-refractivity contribution in [2.45, 2.75) is 20.8 Å². The Morgan fingerprint density at radius 2 is 2.29 bits per heavy atom.